The molecule has 1 N–H and O–H groups in total. The predicted octanol–water partition coefficient (Wildman–Crippen LogP) is 3.32. The SMILES string of the molecule is Cc1cc(C)n(CCC(=O)OC(C)C(=O)Nc2cc(C(F)(F)F)ccc2N2CCOCC2)n1. The molecule has 2 aromatic rings. The maximum atomic E-state index is 13.2. The molecular formula is C22H27F3N4O4. The van der Waals surface area contributed by atoms with Gasteiger partial charge in [-0.2, -0.15) is 18.3 Å². The number of hydrogen-bond donors (Lipinski definition) is 1. The standard InChI is InChI=1S/C22H27F3N4O4/c1-14-12-15(2)29(27-14)7-6-20(30)33-16(3)21(31)26-18-13-17(22(23,24)25)4-5-19(18)28-8-10-32-11-9-28/h4-5,12-13,16H,6-11H2,1-3H3,(H,26,31). The molecule has 3 rings (SSSR count). The number of nitrogens with one attached hydrogen (secondary N) is 1. The van der Waals surface area contributed by atoms with Crippen LogP contribution >= 0.6 is 0 Å². The van der Waals surface area contributed by atoms with Crippen molar-refractivity contribution in [1.82, 2.24) is 9.78 Å². The van der Waals surface area contributed by atoms with Crippen LogP contribution in [0.15, 0.2) is 24.3 Å². The van der Waals surface area contributed by atoms with Crippen LogP contribution in [0.3, 0.4) is 0 Å². The summed E-state index contributed by atoms with van der Waals surface area (Å²) in [5.74, 6) is -1.33. The number of ether oxygens (including phenoxy) is 2. The lowest BCUT2D eigenvalue weighted by Crippen LogP contribution is -2.37. The molecule has 0 bridgehead atoms. The molecule has 180 valence electrons. The zero-order valence-corrected chi connectivity index (χ0v) is 18.7. The fraction of sp³-hybridized carbons (Fsp3) is 0.500. The fourth-order valence-corrected chi connectivity index (χ4v) is 3.53. The number of halogens is 3. The molecule has 1 unspecified atom stereocenters. The number of amides is 1. The molecule has 8 nitrogen and oxygen atoms in total. The van der Waals surface area contributed by atoms with Crippen LogP contribution in [0, 0.1) is 13.8 Å². The van der Waals surface area contributed by atoms with Gasteiger partial charge in [0, 0.05) is 18.8 Å². The number of rotatable bonds is 7. The van der Waals surface area contributed by atoms with Crippen molar-refractivity contribution in [3.05, 3.63) is 41.2 Å². The van der Waals surface area contributed by atoms with Gasteiger partial charge in [-0.05, 0) is 45.0 Å². The summed E-state index contributed by atoms with van der Waals surface area (Å²) in [6, 6.07) is 5.07. The Morgan fingerprint density at radius 1 is 1.21 bits per heavy atom. The summed E-state index contributed by atoms with van der Waals surface area (Å²) in [6.07, 6.45) is -5.75. The molecule has 1 aliphatic heterocycles. The predicted molar refractivity (Wildman–Crippen MR) is 115 cm³/mol. The maximum absolute atomic E-state index is 13.2. The zero-order chi connectivity index (χ0) is 24.2. The van der Waals surface area contributed by atoms with Gasteiger partial charge in [-0.1, -0.05) is 0 Å². The second kappa shape index (κ2) is 10.2. The second-order valence-corrected chi connectivity index (χ2v) is 7.85. The van der Waals surface area contributed by atoms with E-state index >= 15 is 0 Å². The lowest BCUT2D eigenvalue weighted by molar-refractivity contribution is -0.153. The van der Waals surface area contributed by atoms with Gasteiger partial charge in [0.05, 0.1) is 48.8 Å². The second-order valence-electron chi connectivity index (χ2n) is 7.85. The first-order valence-electron chi connectivity index (χ1n) is 10.6. The van der Waals surface area contributed by atoms with E-state index in [4.69, 9.17) is 9.47 Å². The number of nitrogens with zero attached hydrogens (tertiary/aromatic N) is 3. The van der Waals surface area contributed by atoms with Crippen LogP contribution in [0.4, 0.5) is 24.5 Å². The number of hydrogen-bond acceptors (Lipinski definition) is 6. The van der Waals surface area contributed by atoms with Crippen LogP contribution < -0.4 is 10.2 Å². The number of carbonyl (C=O) groups is 2. The van der Waals surface area contributed by atoms with Crippen molar-refractivity contribution in [3.63, 3.8) is 0 Å². The Bertz CT molecular complexity index is 1000. The van der Waals surface area contributed by atoms with Crippen molar-refractivity contribution < 1.29 is 32.2 Å². The Hall–Kier alpha value is -3.08. The monoisotopic (exact) mass is 468 g/mol. The normalized spacial score (nSPS) is 15.3. The highest BCUT2D eigenvalue weighted by molar-refractivity contribution is 5.98. The molecule has 1 amide bonds. The molecule has 1 fully saturated rings. The molecule has 0 spiro atoms. The van der Waals surface area contributed by atoms with Crippen LogP contribution in [0.25, 0.3) is 0 Å². The number of carbonyl (C=O) groups excluding carboxylic acids is 2. The minimum absolute atomic E-state index is 0.00210. The molecule has 1 atom stereocenters. The van der Waals surface area contributed by atoms with E-state index in [1.54, 1.807) is 4.68 Å². The van der Waals surface area contributed by atoms with Crippen LogP contribution in [0.2, 0.25) is 0 Å². The van der Waals surface area contributed by atoms with Gasteiger partial charge in [-0.15, -0.1) is 0 Å². The van der Waals surface area contributed by atoms with Crippen LogP contribution in [-0.2, 0) is 31.8 Å². The van der Waals surface area contributed by atoms with Crippen molar-refractivity contribution >= 4 is 23.3 Å². The Kier molecular flexibility index (Phi) is 7.62. The zero-order valence-electron chi connectivity index (χ0n) is 18.7. The topological polar surface area (TPSA) is 85.7 Å². The van der Waals surface area contributed by atoms with Gasteiger partial charge in [0.2, 0.25) is 0 Å². The third-order valence-corrected chi connectivity index (χ3v) is 5.24. The lowest BCUT2D eigenvalue weighted by Gasteiger charge is -2.31. The van der Waals surface area contributed by atoms with Crippen LogP contribution in [-0.4, -0.2) is 54.1 Å². The molecule has 0 radical (unpaired) electrons. The summed E-state index contributed by atoms with van der Waals surface area (Å²) in [5, 5.41) is 6.75. The van der Waals surface area contributed by atoms with Crippen molar-refractivity contribution in [2.75, 3.05) is 36.5 Å². The van der Waals surface area contributed by atoms with Gasteiger partial charge < -0.3 is 19.7 Å². The van der Waals surface area contributed by atoms with Gasteiger partial charge in [-0.3, -0.25) is 14.3 Å². The Balaban J connectivity index is 1.66. The molecule has 11 heteroatoms. The molecular weight excluding hydrogens is 441 g/mol. The molecule has 33 heavy (non-hydrogen) atoms. The number of alkyl halides is 3. The Morgan fingerprint density at radius 2 is 1.91 bits per heavy atom. The largest absolute Gasteiger partial charge is 0.452 e. The van der Waals surface area contributed by atoms with Crippen molar-refractivity contribution in [1.29, 1.82) is 0 Å². The molecule has 1 aliphatic rings. The Labute approximate surface area is 189 Å². The first-order valence-corrected chi connectivity index (χ1v) is 10.6. The summed E-state index contributed by atoms with van der Waals surface area (Å²) in [4.78, 5) is 26.7. The van der Waals surface area contributed by atoms with E-state index in [-0.39, 0.29) is 12.1 Å². The highest BCUT2D eigenvalue weighted by atomic mass is 19.4. The van der Waals surface area contributed by atoms with Crippen molar-refractivity contribution in [2.45, 2.75) is 46.0 Å². The minimum Gasteiger partial charge on any atom is -0.452 e. The average Bonchev–Trinajstić information content (AvgIpc) is 3.09. The maximum Gasteiger partial charge on any atom is 0.416 e. The van der Waals surface area contributed by atoms with Gasteiger partial charge in [0.15, 0.2) is 6.10 Å². The minimum atomic E-state index is -4.57. The van der Waals surface area contributed by atoms with Gasteiger partial charge >= 0.3 is 12.1 Å². The van der Waals surface area contributed by atoms with E-state index in [9.17, 15) is 22.8 Å². The number of benzene rings is 1. The van der Waals surface area contributed by atoms with Gasteiger partial charge in [0.1, 0.15) is 0 Å². The fourth-order valence-electron chi connectivity index (χ4n) is 3.53. The average molecular weight is 468 g/mol. The molecule has 1 aromatic carbocycles. The smallest absolute Gasteiger partial charge is 0.416 e. The highest BCUT2D eigenvalue weighted by Gasteiger charge is 2.32. The first-order chi connectivity index (χ1) is 15.5. The summed E-state index contributed by atoms with van der Waals surface area (Å²) >= 11 is 0. The van der Waals surface area contributed by atoms with E-state index in [1.165, 1.54) is 13.0 Å². The first kappa shape index (κ1) is 24.6. The summed E-state index contributed by atoms with van der Waals surface area (Å²) in [6.45, 7) is 7.18. The molecule has 0 aliphatic carbocycles. The molecule has 1 aromatic heterocycles. The van der Waals surface area contributed by atoms with E-state index in [1.807, 2.05) is 24.8 Å². The van der Waals surface area contributed by atoms with E-state index < -0.39 is 29.7 Å². The van der Waals surface area contributed by atoms with E-state index in [0.29, 0.717) is 38.5 Å². The Morgan fingerprint density at radius 3 is 2.52 bits per heavy atom. The molecule has 1 saturated heterocycles. The summed E-state index contributed by atoms with van der Waals surface area (Å²) < 4.78 is 51.9. The number of aryl methyl sites for hydroxylation is 3. The third-order valence-electron chi connectivity index (χ3n) is 5.24. The van der Waals surface area contributed by atoms with Crippen LogP contribution in [0.5, 0.6) is 0 Å². The summed E-state index contributed by atoms with van der Waals surface area (Å²) in [5.41, 5.74) is 1.28. The van der Waals surface area contributed by atoms with Crippen molar-refractivity contribution in [2.24, 2.45) is 0 Å². The number of aromatic nitrogens is 2. The number of morpholine rings is 1. The van der Waals surface area contributed by atoms with Crippen molar-refractivity contribution in [3.8, 4) is 0 Å². The summed E-state index contributed by atoms with van der Waals surface area (Å²) in [7, 11) is 0. The van der Waals surface area contributed by atoms with E-state index in [0.717, 1.165) is 23.5 Å². The van der Waals surface area contributed by atoms with E-state index in [2.05, 4.69) is 10.4 Å². The van der Waals surface area contributed by atoms with Crippen LogP contribution in [0.1, 0.15) is 30.3 Å². The third kappa shape index (κ3) is 6.47. The lowest BCUT2D eigenvalue weighted by atomic mass is 10.1. The highest BCUT2D eigenvalue weighted by Crippen LogP contribution is 2.36. The molecule has 0 saturated carbocycles. The van der Waals surface area contributed by atoms with Gasteiger partial charge in [-0.25, -0.2) is 0 Å². The quantitative estimate of drug-likeness (QED) is 0.628. The number of anilines is 2. The van der Waals surface area contributed by atoms with Gasteiger partial charge in [0.25, 0.3) is 5.91 Å². The number of esters is 1. The molecule has 2 heterocycles.